The molecule has 0 aromatic heterocycles. The maximum atomic E-state index is 11.2. The number of hydrogen-bond acceptors (Lipinski definition) is 4. The molecule has 0 aromatic rings. The summed E-state index contributed by atoms with van der Waals surface area (Å²) in [6.45, 7) is 3.66. The van der Waals surface area contributed by atoms with Crippen molar-refractivity contribution in [3.05, 3.63) is 0 Å². The number of sulfone groups is 1. The van der Waals surface area contributed by atoms with E-state index in [0.717, 1.165) is 26.0 Å². The van der Waals surface area contributed by atoms with E-state index in [1.54, 1.807) is 7.11 Å². The summed E-state index contributed by atoms with van der Waals surface area (Å²) in [6, 6.07) is 0.397. The van der Waals surface area contributed by atoms with Crippen LogP contribution in [0.4, 0.5) is 0 Å². The minimum atomic E-state index is -2.72. The molecule has 0 saturated carbocycles. The molecule has 0 bridgehead atoms. The molecule has 2 atom stereocenters. The van der Waals surface area contributed by atoms with Gasteiger partial charge in [-0.15, -0.1) is 0 Å². The number of hydrogen-bond donors (Lipinski definition) is 1. The minimum Gasteiger partial charge on any atom is -0.385 e. The van der Waals surface area contributed by atoms with E-state index in [9.17, 15) is 8.42 Å². The second kappa shape index (κ2) is 5.82. The van der Waals surface area contributed by atoms with Crippen LogP contribution in [0.5, 0.6) is 0 Å². The number of ether oxygens (including phenoxy) is 1. The normalized spacial score (nSPS) is 26.7. The van der Waals surface area contributed by atoms with Gasteiger partial charge in [0.25, 0.3) is 0 Å². The van der Waals surface area contributed by atoms with Crippen molar-refractivity contribution < 1.29 is 13.2 Å². The molecule has 1 saturated heterocycles. The fourth-order valence-electron chi connectivity index (χ4n) is 1.80. The van der Waals surface area contributed by atoms with Crippen molar-refractivity contribution in [2.45, 2.75) is 25.8 Å². The van der Waals surface area contributed by atoms with Crippen molar-refractivity contribution in [1.82, 2.24) is 5.32 Å². The van der Waals surface area contributed by atoms with Gasteiger partial charge in [0, 0.05) is 19.8 Å². The SMILES string of the molecule is COCCC(C)NCC1CCS(=O)(=O)C1. The molecule has 5 heteroatoms. The largest absolute Gasteiger partial charge is 0.385 e. The lowest BCUT2D eigenvalue weighted by Crippen LogP contribution is -2.32. The van der Waals surface area contributed by atoms with Crippen molar-refractivity contribution in [2.75, 3.05) is 31.8 Å². The van der Waals surface area contributed by atoms with Crippen LogP contribution in [0.15, 0.2) is 0 Å². The summed E-state index contributed by atoms with van der Waals surface area (Å²) >= 11 is 0. The summed E-state index contributed by atoms with van der Waals surface area (Å²) in [6.07, 6.45) is 1.78. The van der Waals surface area contributed by atoms with E-state index in [4.69, 9.17) is 4.74 Å². The van der Waals surface area contributed by atoms with Crippen molar-refractivity contribution in [2.24, 2.45) is 5.92 Å². The summed E-state index contributed by atoms with van der Waals surface area (Å²) < 4.78 is 27.4. The van der Waals surface area contributed by atoms with E-state index in [0.29, 0.717) is 23.5 Å². The number of methoxy groups -OCH3 is 1. The van der Waals surface area contributed by atoms with Crippen LogP contribution in [0.3, 0.4) is 0 Å². The van der Waals surface area contributed by atoms with E-state index < -0.39 is 9.84 Å². The molecule has 0 radical (unpaired) electrons. The molecule has 4 nitrogen and oxygen atoms in total. The Hall–Kier alpha value is -0.130. The zero-order valence-electron chi connectivity index (χ0n) is 9.53. The average Bonchev–Trinajstić information content (AvgIpc) is 2.52. The Morgan fingerprint density at radius 1 is 1.53 bits per heavy atom. The second-order valence-electron chi connectivity index (χ2n) is 4.36. The molecule has 1 aliphatic heterocycles. The third-order valence-corrected chi connectivity index (χ3v) is 4.67. The Labute approximate surface area is 92.3 Å². The van der Waals surface area contributed by atoms with Gasteiger partial charge in [0.2, 0.25) is 0 Å². The first-order valence-electron chi connectivity index (χ1n) is 5.46. The molecule has 0 aliphatic carbocycles. The Bertz CT molecular complexity index is 276. The first-order valence-corrected chi connectivity index (χ1v) is 7.28. The highest BCUT2D eigenvalue weighted by Gasteiger charge is 2.27. The van der Waals surface area contributed by atoms with E-state index in [-0.39, 0.29) is 0 Å². The predicted molar refractivity (Wildman–Crippen MR) is 60.7 cm³/mol. The van der Waals surface area contributed by atoms with E-state index >= 15 is 0 Å². The van der Waals surface area contributed by atoms with Gasteiger partial charge in [-0.05, 0) is 32.2 Å². The topological polar surface area (TPSA) is 55.4 Å². The standard InChI is InChI=1S/C10H21NO3S/c1-9(3-5-14-2)11-7-10-4-6-15(12,13)8-10/h9-11H,3-8H2,1-2H3. The van der Waals surface area contributed by atoms with E-state index in [2.05, 4.69) is 12.2 Å². The first-order chi connectivity index (χ1) is 7.03. The maximum absolute atomic E-state index is 11.2. The maximum Gasteiger partial charge on any atom is 0.150 e. The van der Waals surface area contributed by atoms with Crippen LogP contribution in [0.25, 0.3) is 0 Å². The second-order valence-corrected chi connectivity index (χ2v) is 6.59. The molecule has 1 fully saturated rings. The van der Waals surface area contributed by atoms with Gasteiger partial charge in [-0.25, -0.2) is 8.42 Å². The molecule has 1 rings (SSSR count). The molecule has 2 unspecified atom stereocenters. The quantitative estimate of drug-likeness (QED) is 0.725. The van der Waals surface area contributed by atoms with Gasteiger partial charge in [-0.1, -0.05) is 0 Å². The first kappa shape index (κ1) is 12.9. The smallest absolute Gasteiger partial charge is 0.150 e. The lowest BCUT2D eigenvalue weighted by Gasteiger charge is -2.15. The van der Waals surface area contributed by atoms with Crippen LogP contribution in [-0.2, 0) is 14.6 Å². The molecule has 0 amide bonds. The Kier molecular flexibility index (Phi) is 5.02. The predicted octanol–water partition coefficient (Wildman–Crippen LogP) is 0.436. The third kappa shape index (κ3) is 4.95. The molecule has 1 N–H and O–H groups in total. The van der Waals surface area contributed by atoms with E-state index in [1.165, 1.54) is 0 Å². The summed E-state index contributed by atoms with van der Waals surface area (Å²) in [5.41, 5.74) is 0. The summed E-state index contributed by atoms with van der Waals surface area (Å²) in [5, 5.41) is 3.35. The average molecular weight is 235 g/mol. The van der Waals surface area contributed by atoms with Gasteiger partial charge in [0.15, 0.2) is 9.84 Å². The lowest BCUT2D eigenvalue weighted by atomic mass is 10.1. The fraction of sp³-hybridized carbons (Fsp3) is 1.00. The van der Waals surface area contributed by atoms with Gasteiger partial charge in [-0.3, -0.25) is 0 Å². The molecular weight excluding hydrogens is 214 g/mol. The highest BCUT2D eigenvalue weighted by molar-refractivity contribution is 7.91. The molecule has 90 valence electrons. The Morgan fingerprint density at radius 2 is 2.27 bits per heavy atom. The van der Waals surface area contributed by atoms with Gasteiger partial charge in [-0.2, -0.15) is 0 Å². The highest BCUT2D eigenvalue weighted by Crippen LogP contribution is 2.17. The monoisotopic (exact) mass is 235 g/mol. The third-order valence-electron chi connectivity index (χ3n) is 2.84. The number of rotatable bonds is 6. The van der Waals surface area contributed by atoms with Gasteiger partial charge >= 0.3 is 0 Å². The Morgan fingerprint density at radius 3 is 2.80 bits per heavy atom. The van der Waals surface area contributed by atoms with Crippen LogP contribution in [0, 0.1) is 5.92 Å². The number of nitrogens with one attached hydrogen (secondary N) is 1. The molecule has 15 heavy (non-hydrogen) atoms. The van der Waals surface area contributed by atoms with Crippen LogP contribution < -0.4 is 5.32 Å². The minimum absolute atomic E-state index is 0.306. The zero-order chi connectivity index (χ0) is 11.3. The molecule has 0 spiro atoms. The van der Waals surface area contributed by atoms with Crippen LogP contribution in [0.1, 0.15) is 19.8 Å². The summed E-state index contributed by atoms with van der Waals surface area (Å²) in [5.74, 6) is 1.03. The molecular formula is C10H21NO3S. The van der Waals surface area contributed by atoms with Gasteiger partial charge in [0.1, 0.15) is 0 Å². The zero-order valence-corrected chi connectivity index (χ0v) is 10.3. The van der Waals surface area contributed by atoms with Gasteiger partial charge in [0.05, 0.1) is 11.5 Å². The van der Waals surface area contributed by atoms with Crippen LogP contribution >= 0.6 is 0 Å². The Balaban J connectivity index is 2.15. The summed E-state index contributed by atoms with van der Waals surface area (Å²) in [7, 11) is -1.03. The van der Waals surface area contributed by atoms with Crippen molar-refractivity contribution >= 4 is 9.84 Å². The van der Waals surface area contributed by atoms with E-state index in [1.807, 2.05) is 0 Å². The van der Waals surface area contributed by atoms with Crippen molar-refractivity contribution in [1.29, 1.82) is 0 Å². The fourth-order valence-corrected chi connectivity index (χ4v) is 3.66. The lowest BCUT2D eigenvalue weighted by molar-refractivity contribution is 0.184. The summed E-state index contributed by atoms with van der Waals surface area (Å²) in [4.78, 5) is 0. The molecule has 1 aliphatic rings. The van der Waals surface area contributed by atoms with Crippen LogP contribution in [0.2, 0.25) is 0 Å². The highest BCUT2D eigenvalue weighted by atomic mass is 32.2. The van der Waals surface area contributed by atoms with Crippen molar-refractivity contribution in [3.8, 4) is 0 Å². The van der Waals surface area contributed by atoms with Gasteiger partial charge < -0.3 is 10.1 Å². The van der Waals surface area contributed by atoms with Crippen molar-refractivity contribution in [3.63, 3.8) is 0 Å². The molecule has 0 aromatic carbocycles. The van der Waals surface area contributed by atoms with Crippen LogP contribution in [-0.4, -0.2) is 46.2 Å². The molecule has 1 heterocycles.